The zero-order valence-corrected chi connectivity index (χ0v) is 6.55. The van der Waals surface area contributed by atoms with Crippen LogP contribution in [0.15, 0.2) is 0 Å². The summed E-state index contributed by atoms with van der Waals surface area (Å²) < 4.78 is 0. The van der Waals surface area contributed by atoms with Crippen molar-refractivity contribution in [3.05, 3.63) is 0 Å². The van der Waals surface area contributed by atoms with Gasteiger partial charge in [-0.25, -0.2) is 0 Å². The van der Waals surface area contributed by atoms with Crippen LogP contribution in [-0.2, 0) is 4.79 Å². The van der Waals surface area contributed by atoms with E-state index in [0.717, 1.165) is 19.3 Å². The molecule has 1 saturated carbocycles. The van der Waals surface area contributed by atoms with Crippen LogP contribution in [0.5, 0.6) is 0 Å². The van der Waals surface area contributed by atoms with Gasteiger partial charge in [-0.1, -0.05) is 13.8 Å². The summed E-state index contributed by atoms with van der Waals surface area (Å²) in [5, 5.41) is 8.65. The molecule has 0 radical (unpaired) electrons. The lowest BCUT2D eigenvalue weighted by molar-refractivity contribution is -0.141. The average Bonchev–Trinajstić information content (AvgIpc) is 2.10. The Morgan fingerprint density at radius 2 is 2.20 bits per heavy atom. The molecule has 1 fully saturated rings. The third kappa shape index (κ3) is 1.49. The van der Waals surface area contributed by atoms with Crippen LogP contribution in [0, 0.1) is 11.3 Å². The van der Waals surface area contributed by atoms with E-state index in [1.54, 1.807) is 0 Å². The molecule has 1 rings (SSSR count). The molecule has 2 nitrogen and oxygen atoms in total. The minimum absolute atomic E-state index is 0.0741. The fourth-order valence-electron chi connectivity index (χ4n) is 1.65. The molecular formula is C8H14O2. The first-order chi connectivity index (χ1) is 4.51. The van der Waals surface area contributed by atoms with E-state index in [1.165, 1.54) is 0 Å². The Bertz CT molecular complexity index is 149. The first-order valence-electron chi connectivity index (χ1n) is 3.74. The maximum absolute atomic E-state index is 10.5. The van der Waals surface area contributed by atoms with Crippen LogP contribution in [0.4, 0.5) is 0 Å². The van der Waals surface area contributed by atoms with Crippen molar-refractivity contribution in [3.8, 4) is 0 Å². The molecule has 2 heteroatoms. The van der Waals surface area contributed by atoms with Crippen molar-refractivity contribution in [1.82, 2.24) is 0 Å². The van der Waals surface area contributed by atoms with Gasteiger partial charge in [-0.05, 0) is 24.7 Å². The molecule has 0 aromatic rings. The summed E-state index contributed by atoms with van der Waals surface area (Å²) in [5.41, 5.74) is 0.267. The molecule has 0 aromatic heterocycles. The molecular weight excluding hydrogens is 128 g/mol. The maximum atomic E-state index is 10.5. The van der Waals surface area contributed by atoms with Gasteiger partial charge in [0.25, 0.3) is 0 Å². The van der Waals surface area contributed by atoms with Crippen molar-refractivity contribution in [2.45, 2.75) is 33.1 Å². The van der Waals surface area contributed by atoms with Crippen LogP contribution >= 0.6 is 0 Å². The van der Waals surface area contributed by atoms with Gasteiger partial charge >= 0.3 is 5.97 Å². The number of hydrogen-bond donors (Lipinski definition) is 1. The second-order valence-corrected chi connectivity index (χ2v) is 3.94. The second-order valence-electron chi connectivity index (χ2n) is 3.94. The van der Waals surface area contributed by atoms with Gasteiger partial charge in [0.1, 0.15) is 0 Å². The van der Waals surface area contributed by atoms with Crippen molar-refractivity contribution in [2.75, 3.05) is 0 Å². The molecule has 0 aliphatic heterocycles. The Morgan fingerprint density at radius 1 is 1.60 bits per heavy atom. The topological polar surface area (TPSA) is 37.3 Å². The predicted octanol–water partition coefficient (Wildman–Crippen LogP) is 1.90. The average molecular weight is 142 g/mol. The van der Waals surface area contributed by atoms with Gasteiger partial charge in [0.2, 0.25) is 0 Å². The van der Waals surface area contributed by atoms with E-state index in [-0.39, 0.29) is 11.3 Å². The van der Waals surface area contributed by atoms with Gasteiger partial charge in [-0.3, -0.25) is 4.79 Å². The van der Waals surface area contributed by atoms with E-state index in [1.807, 2.05) is 0 Å². The summed E-state index contributed by atoms with van der Waals surface area (Å²) in [6.07, 6.45) is 2.77. The van der Waals surface area contributed by atoms with E-state index < -0.39 is 5.97 Å². The van der Waals surface area contributed by atoms with E-state index in [0.29, 0.717) is 0 Å². The van der Waals surface area contributed by atoms with E-state index in [9.17, 15) is 4.79 Å². The van der Waals surface area contributed by atoms with Crippen LogP contribution in [-0.4, -0.2) is 11.1 Å². The largest absolute Gasteiger partial charge is 0.481 e. The van der Waals surface area contributed by atoms with Crippen molar-refractivity contribution < 1.29 is 9.90 Å². The Hall–Kier alpha value is -0.530. The lowest BCUT2D eigenvalue weighted by Gasteiger charge is -2.15. The van der Waals surface area contributed by atoms with Gasteiger partial charge in [-0.2, -0.15) is 0 Å². The smallest absolute Gasteiger partial charge is 0.306 e. The van der Waals surface area contributed by atoms with Crippen molar-refractivity contribution in [2.24, 2.45) is 11.3 Å². The molecule has 1 atom stereocenters. The number of carboxylic acid groups (broad SMARTS) is 1. The summed E-state index contributed by atoms with van der Waals surface area (Å²) >= 11 is 0. The zero-order chi connectivity index (χ0) is 7.78. The first kappa shape index (κ1) is 7.58. The summed E-state index contributed by atoms with van der Waals surface area (Å²) in [5.74, 6) is -0.694. The number of rotatable bonds is 1. The van der Waals surface area contributed by atoms with Gasteiger partial charge < -0.3 is 5.11 Å². The third-order valence-electron chi connectivity index (χ3n) is 2.32. The van der Waals surface area contributed by atoms with E-state index >= 15 is 0 Å². The highest BCUT2D eigenvalue weighted by Gasteiger charge is 2.34. The normalized spacial score (nSPS) is 30.4. The predicted molar refractivity (Wildman–Crippen MR) is 38.8 cm³/mol. The Morgan fingerprint density at radius 3 is 2.40 bits per heavy atom. The minimum atomic E-state index is -0.620. The van der Waals surface area contributed by atoms with Crippen molar-refractivity contribution >= 4 is 5.97 Å². The molecule has 0 amide bonds. The fraction of sp³-hybridized carbons (Fsp3) is 0.875. The molecule has 10 heavy (non-hydrogen) atoms. The van der Waals surface area contributed by atoms with Gasteiger partial charge in [-0.15, -0.1) is 0 Å². The molecule has 0 heterocycles. The molecule has 1 aliphatic carbocycles. The van der Waals surface area contributed by atoms with Crippen LogP contribution in [0.2, 0.25) is 0 Å². The molecule has 1 N–H and O–H groups in total. The van der Waals surface area contributed by atoms with Crippen molar-refractivity contribution in [1.29, 1.82) is 0 Å². The van der Waals surface area contributed by atoms with Crippen LogP contribution in [0.25, 0.3) is 0 Å². The quantitative estimate of drug-likeness (QED) is 0.607. The third-order valence-corrected chi connectivity index (χ3v) is 2.32. The molecule has 0 aromatic carbocycles. The zero-order valence-electron chi connectivity index (χ0n) is 6.55. The maximum Gasteiger partial charge on any atom is 0.306 e. The second kappa shape index (κ2) is 2.26. The summed E-state index contributed by atoms with van der Waals surface area (Å²) in [4.78, 5) is 10.5. The molecule has 1 unspecified atom stereocenters. The lowest BCUT2D eigenvalue weighted by Crippen LogP contribution is -2.12. The highest BCUT2D eigenvalue weighted by molar-refractivity contribution is 5.70. The van der Waals surface area contributed by atoms with Crippen LogP contribution in [0.1, 0.15) is 33.1 Å². The van der Waals surface area contributed by atoms with Gasteiger partial charge in [0.05, 0.1) is 5.92 Å². The first-order valence-corrected chi connectivity index (χ1v) is 3.74. The number of carbonyl (C=O) groups is 1. The van der Waals surface area contributed by atoms with E-state index in [4.69, 9.17) is 5.11 Å². The van der Waals surface area contributed by atoms with Gasteiger partial charge in [0, 0.05) is 0 Å². The highest BCUT2D eigenvalue weighted by Crippen LogP contribution is 2.40. The monoisotopic (exact) mass is 142 g/mol. The van der Waals surface area contributed by atoms with E-state index in [2.05, 4.69) is 13.8 Å². The molecule has 1 aliphatic rings. The molecule has 0 bridgehead atoms. The molecule has 0 saturated heterocycles. The summed E-state index contributed by atoms with van der Waals surface area (Å²) in [6.45, 7) is 4.27. The standard InChI is InChI=1S/C8H14O2/c1-8(2)4-3-6(5-8)7(9)10/h6H,3-5H2,1-2H3,(H,9,10). The minimum Gasteiger partial charge on any atom is -0.481 e. The Labute approximate surface area is 61.2 Å². The Balaban J connectivity index is 2.51. The van der Waals surface area contributed by atoms with Crippen molar-refractivity contribution in [3.63, 3.8) is 0 Å². The van der Waals surface area contributed by atoms with Crippen LogP contribution in [0.3, 0.4) is 0 Å². The lowest BCUT2D eigenvalue weighted by atomic mass is 9.91. The summed E-state index contributed by atoms with van der Waals surface area (Å²) in [6, 6.07) is 0. The SMILES string of the molecule is CC1(C)CCC(C(=O)O)C1. The highest BCUT2D eigenvalue weighted by atomic mass is 16.4. The number of carboxylic acids is 1. The van der Waals surface area contributed by atoms with Crippen LogP contribution < -0.4 is 0 Å². The number of hydrogen-bond acceptors (Lipinski definition) is 1. The Kier molecular flexibility index (Phi) is 1.71. The summed E-state index contributed by atoms with van der Waals surface area (Å²) in [7, 11) is 0. The van der Waals surface area contributed by atoms with Gasteiger partial charge in [0.15, 0.2) is 0 Å². The molecule has 58 valence electrons. The number of aliphatic carboxylic acids is 1. The molecule has 0 spiro atoms. The fourth-order valence-corrected chi connectivity index (χ4v) is 1.65.